The molecule has 1 aliphatic rings. The fourth-order valence-electron chi connectivity index (χ4n) is 2.26. The van der Waals surface area contributed by atoms with Crippen molar-refractivity contribution >= 4 is 5.91 Å². The zero-order valence-electron chi connectivity index (χ0n) is 12.7. The first-order valence-electron chi connectivity index (χ1n) is 7.71. The zero-order valence-corrected chi connectivity index (χ0v) is 12.7. The van der Waals surface area contributed by atoms with Crippen LogP contribution in [0.1, 0.15) is 52.9 Å². The predicted octanol–water partition coefficient (Wildman–Crippen LogP) is 2.09. The first kappa shape index (κ1) is 16.4. The van der Waals surface area contributed by atoms with Crippen LogP contribution in [0.15, 0.2) is 0 Å². The minimum absolute atomic E-state index is 0.120. The number of hydrogen-bond acceptors (Lipinski definition) is 3. The molecular weight excluding hydrogens is 240 g/mol. The van der Waals surface area contributed by atoms with Gasteiger partial charge >= 0.3 is 0 Å². The molecule has 1 rings (SSSR count). The molecule has 0 aromatic heterocycles. The van der Waals surface area contributed by atoms with E-state index in [1.807, 2.05) is 6.92 Å². The SMILES string of the molecule is CC(C)CCOCCNC(C)C(=O)NC1CCCC1. The molecule has 1 fully saturated rings. The first-order valence-corrected chi connectivity index (χ1v) is 7.71. The van der Waals surface area contributed by atoms with Crippen LogP contribution in [-0.2, 0) is 9.53 Å². The van der Waals surface area contributed by atoms with Gasteiger partial charge in [0.25, 0.3) is 0 Å². The van der Waals surface area contributed by atoms with Gasteiger partial charge in [0.2, 0.25) is 5.91 Å². The highest BCUT2D eigenvalue weighted by atomic mass is 16.5. The van der Waals surface area contributed by atoms with Crippen molar-refractivity contribution in [1.29, 1.82) is 0 Å². The van der Waals surface area contributed by atoms with Gasteiger partial charge in [0.1, 0.15) is 0 Å². The Hall–Kier alpha value is -0.610. The Kier molecular flexibility index (Phi) is 8.07. The molecule has 0 bridgehead atoms. The molecule has 0 heterocycles. The fourth-order valence-corrected chi connectivity index (χ4v) is 2.26. The number of nitrogens with one attached hydrogen (secondary N) is 2. The summed E-state index contributed by atoms with van der Waals surface area (Å²) in [6.45, 7) is 8.51. The zero-order chi connectivity index (χ0) is 14.1. The van der Waals surface area contributed by atoms with E-state index in [0.717, 1.165) is 32.4 Å². The molecule has 4 heteroatoms. The van der Waals surface area contributed by atoms with Gasteiger partial charge in [-0.3, -0.25) is 4.79 Å². The summed E-state index contributed by atoms with van der Waals surface area (Å²) in [5, 5.41) is 6.31. The largest absolute Gasteiger partial charge is 0.380 e. The average molecular weight is 270 g/mol. The molecule has 19 heavy (non-hydrogen) atoms. The molecule has 1 saturated carbocycles. The number of hydrogen-bond donors (Lipinski definition) is 2. The minimum atomic E-state index is -0.130. The van der Waals surface area contributed by atoms with Crippen molar-refractivity contribution in [3.8, 4) is 0 Å². The molecule has 0 aliphatic heterocycles. The van der Waals surface area contributed by atoms with Gasteiger partial charge in [0.05, 0.1) is 12.6 Å². The Morgan fingerprint density at radius 1 is 1.21 bits per heavy atom. The molecule has 4 nitrogen and oxygen atoms in total. The van der Waals surface area contributed by atoms with Crippen molar-refractivity contribution < 1.29 is 9.53 Å². The van der Waals surface area contributed by atoms with E-state index in [0.29, 0.717) is 18.6 Å². The van der Waals surface area contributed by atoms with Gasteiger partial charge in [-0.15, -0.1) is 0 Å². The number of carbonyl (C=O) groups excluding carboxylic acids is 1. The lowest BCUT2D eigenvalue weighted by atomic mass is 10.1. The van der Waals surface area contributed by atoms with E-state index in [-0.39, 0.29) is 11.9 Å². The smallest absolute Gasteiger partial charge is 0.237 e. The standard InChI is InChI=1S/C15H30N2O2/c1-12(2)8-10-19-11-9-16-13(3)15(18)17-14-6-4-5-7-14/h12-14,16H,4-11H2,1-3H3,(H,17,18). The van der Waals surface area contributed by atoms with Crippen LogP contribution in [-0.4, -0.2) is 37.7 Å². The lowest BCUT2D eigenvalue weighted by Gasteiger charge is -2.17. The fraction of sp³-hybridized carbons (Fsp3) is 0.933. The molecule has 1 atom stereocenters. The van der Waals surface area contributed by atoms with Crippen LogP contribution in [0.25, 0.3) is 0 Å². The van der Waals surface area contributed by atoms with Gasteiger partial charge in [-0.05, 0) is 32.1 Å². The molecule has 1 amide bonds. The minimum Gasteiger partial charge on any atom is -0.380 e. The molecule has 1 aliphatic carbocycles. The Bertz CT molecular complexity index is 251. The lowest BCUT2D eigenvalue weighted by Crippen LogP contribution is -2.46. The average Bonchev–Trinajstić information content (AvgIpc) is 2.85. The highest BCUT2D eigenvalue weighted by molar-refractivity contribution is 5.81. The maximum absolute atomic E-state index is 11.9. The molecule has 2 N–H and O–H groups in total. The van der Waals surface area contributed by atoms with E-state index < -0.39 is 0 Å². The topological polar surface area (TPSA) is 50.4 Å². The third kappa shape index (κ3) is 7.53. The number of rotatable bonds is 9. The van der Waals surface area contributed by atoms with Gasteiger partial charge in [-0.25, -0.2) is 0 Å². The number of amides is 1. The summed E-state index contributed by atoms with van der Waals surface area (Å²) in [7, 11) is 0. The summed E-state index contributed by atoms with van der Waals surface area (Å²) < 4.78 is 5.51. The maximum atomic E-state index is 11.9. The summed E-state index contributed by atoms with van der Waals surface area (Å²) in [5.74, 6) is 0.804. The second-order valence-electron chi connectivity index (χ2n) is 5.96. The van der Waals surface area contributed by atoms with E-state index in [1.165, 1.54) is 12.8 Å². The number of carbonyl (C=O) groups is 1. The van der Waals surface area contributed by atoms with Gasteiger partial charge in [0, 0.05) is 19.2 Å². The van der Waals surface area contributed by atoms with Gasteiger partial charge < -0.3 is 15.4 Å². The van der Waals surface area contributed by atoms with Crippen molar-refractivity contribution in [2.24, 2.45) is 5.92 Å². The lowest BCUT2D eigenvalue weighted by molar-refractivity contribution is -0.123. The molecule has 1 unspecified atom stereocenters. The molecule has 0 radical (unpaired) electrons. The van der Waals surface area contributed by atoms with Gasteiger partial charge in [-0.2, -0.15) is 0 Å². The van der Waals surface area contributed by atoms with Crippen molar-refractivity contribution in [3.63, 3.8) is 0 Å². The Labute approximate surface area is 117 Å². The van der Waals surface area contributed by atoms with Crippen LogP contribution >= 0.6 is 0 Å². The quantitative estimate of drug-likeness (QED) is 0.631. The van der Waals surface area contributed by atoms with Crippen molar-refractivity contribution in [2.45, 2.75) is 65.0 Å². The van der Waals surface area contributed by atoms with Crippen LogP contribution in [0, 0.1) is 5.92 Å². The van der Waals surface area contributed by atoms with E-state index in [9.17, 15) is 4.79 Å². The van der Waals surface area contributed by atoms with Crippen LogP contribution in [0.4, 0.5) is 0 Å². The summed E-state index contributed by atoms with van der Waals surface area (Å²) >= 11 is 0. The second-order valence-corrected chi connectivity index (χ2v) is 5.96. The molecular formula is C15H30N2O2. The first-order chi connectivity index (χ1) is 9.09. The van der Waals surface area contributed by atoms with Crippen LogP contribution in [0.3, 0.4) is 0 Å². The Balaban J connectivity index is 1.99. The van der Waals surface area contributed by atoms with Crippen LogP contribution < -0.4 is 10.6 Å². The number of ether oxygens (including phenoxy) is 1. The van der Waals surface area contributed by atoms with Crippen molar-refractivity contribution in [1.82, 2.24) is 10.6 Å². The van der Waals surface area contributed by atoms with Crippen LogP contribution in [0.2, 0.25) is 0 Å². The van der Waals surface area contributed by atoms with E-state index in [1.54, 1.807) is 0 Å². The second kappa shape index (κ2) is 9.32. The summed E-state index contributed by atoms with van der Waals surface area (Å²) in [5.41, 5.74) is 0. The monoisotopic (exact) mass is 270 g/mol. The molecule has 0 spiro atoms. The van der Waals surface area contributed by atoms with Crippen LogP contribution in [0.5, 0.6) is 0 Å². The van der Waals surface area contributed by atoms with E-state index >= 15 is 0 Å². The van der Waals surface area contributed by atoms with E-state index in [2.05, 4.69) is 24.5 Å². The molecule has 0 aromatic rings. The molecule has 0 aromatic carbocycles. The Morgan fingerprint density at radius 2 is 1.89 bits per heavy atom. The van der Waals surface area contributed by atoms with Gasteiger partial charge in [0.15, 0.2) is 0 Å². The highest BCUT2D eigenvalue weighted by Crippen LogP contribution is 2.17. The third-order valence-electron chi connectivity index (χ3n) is 3.63. The summed E-state index contributed by atoms with van der Waals surface area (Å²) in [6, 6.07) is 0.272. The molecule has 112 valence electrons. The Morgan fingerprint density at radius 3 is 2.53 bits per heavy atom. The normalized spacial score (nSPS) is 17.9. The van der Waals surface area contributed by atoms with Gasteiger partial charge in [-0.1, -0.05) is 26.7 Å². The third-order valence-corrected chi connectivity index (χ3v) is 3.63. The molecule has 0 saturated heterocycles. The summed E-state index contributed by atoms with van der Waals surface area (Å²) in [6.07, 6.45) is 5.86. The maximum Gasteiger partial charge on any atom is 0.237 e. The highest BCUT2D eigenvalue weighted by Gasteiger charge is 2.19. The van der Waals surface area contributed by atoms with Crippen molar-refractivity contribution in [3.05, 3.63) is 0 Å². The van der Waals surface area contributed by atoms with Crippen molar-refractivity contribution in [2.75, 3.05) is 19.8 Å². The van der Waals surface area contributed by atoms with E-state index in [4.69, 9.17) is 4.74 Å². The predicted molar refractivity (Wildman–Crippen MR) is 78.1 cm³/mol. The summed E-state index contributed by atoms with van der Waals surface area (Å²) in [4.78, 5) is 11.9.